The van der Waals surface area contributed by atoms with Gasteiger partial charge in [0, 0.05) is 65.5 Å². The molecule has 0 spiro atoms. The molecule has 0 fully saturated rings. The highest BCUT2D eigenvalue weighted by molar-refractivity contribution is 6.02. The molecule has 0 unspecified atom stereocenters. The molecule has 7 rings (SSSR count). The SMILES string of the molecule is CN1C=CN(c2ccc3c(c2)N(c2cccc(-c4ccccn4)c2)c2ccccc2-c2ncccc2-3)C1. The summed E-state index contributed by atoms with van der Waals surface area (Å²) in [6.45, 7) is 0.822. The lowest BCUT2D eigenvalue weighted by Crippen LogP contribution is -2.22. The van der Waals surface area contributed by atoms with E-state index in [0.29, 0.717) is 0 Å². The Balaban J connectivity index is 1.49. The minimum Gasteiger partial charge on any atom is -0.361 e. The van der Waals surface area contributed by atoms with E-state index in [1.807, 2.05) is 30.6 Å². The number of pyridine rings is 2. The van der Waals surface area contributed by atoms with Crippen molar-refractivity contribution in [2.75, 3.05) is 23.5 Å². The maximum Gasteiger partial charge on any atom is 0.0938 e. The molecule has 0 radical (unpaired) electrons. The molecule has 2 aliphatic rings. The molecule has 0 atom stereocenters. The summed E-state index contributed by atoms with van der Waals surface area (Å²) in [5.74, 6) is 0. The van der Waals surface area contributed by atoms with Gasteiger partial charge in [-0.1, -0.05) is 48.5 Å². The fourth-order valence-electron chi connectivity index (χ4n) is 5.26. The minimum atomic E-state index is 0.822. The van der Waals surface area contributed by atoms with E-state index < -0.39 is 0 Å². The maximum atomic E-state index is 4.86. The van der Waals surface area contributed by atoms with Crippen LogP contribution in [0.5, 0.6) is 0 Å². The molecule has 5 nitrogen and oxygen atoms in total. The number of hydrogen-bond acceptors (Lipinski definition) is 5. The minimum absolute atomic E-state index is 0.822. The third-order valence-electron chi connectivity index (χ3n) is 6.99. The Hall–Kier alpha value is -4.90. The summed E-state index contributed by atoms with van der Waals surface area (Å²) in [5.41, 5.74) is 10.9. The molecule has 37 heavy (non-hydrogen) atoms. The van der Waals surface area contributed by atoms with Gasteiger partial charge in [-0.25, -0.2) is 0 Å². The van der Waals surface area contributed by atoms with Crippen LogP contribution in [-0.2, 0) is 0 Å². The van der Waals surface area contributed by atoms with Crippen molar-refractivity contribution in [3.05, 3.63) is 122 Å². The number of para-hydroxylation sites is 1. The van der Waals surface area contributed by atoms with E-state index in [2.05, 4.69) is 118 Å². The fourth-order valence-corrected chi connectivity index (χ4v) is 5.26. The van der Waals surface area contributed by atoms with Crippen molar-refractivity contribution in [3.63, 3.8) is 0 Å². The van der Waals surface area contributed by atoms with Crippen LogP contribution in [-0.4, -0.2) is 28.6 Å². The number of anilines is 4. The second-order valence-corrected chi connectivity index (χ2v) is 9.39. The number of fused-ring (bicyclic) bond motifs is 5. The van der Waals surface area contributed by atoms with Gasteiger partial charge in [-0.3, -0.25) is 9.97 Å². The van der Waals surface area contributed by atoms with Crippen molar-refractivity contribution >= 4 is 22.7 Å². The molecule has 0 amide bonds. The number of rotatable bonds is 3. The van der Waals surface area contributed by atoms with Crippen LogP contribution >= 0.6 is 0 Å². The lowest BCUT2D eigenvalue weighted by molar-refractivity contribution is 0.496. The molecule has 0 saturated heterocycles. The molecule has 4 heterocycles. The number of nitrogens with zero attached hydrogens (tertiary/aromatic N) is 5. The summed E-state index contributed by atoms with van der Waals surface area (Å²) >= 11 is 0. The van der Waals surface area contributed by atoms with Crippen LogP contribution in [0.15, 0.2) is 122 Å². The first-order chi connectivity index (χ1) is 18.3. The van der Waals surface area contributed by atoms with Crippen LogP contribution in [0.4, 0.5) is 22.7 Å². The first kappa shape index (κ1) is 21.4. The number of aromatic nitrogens is 2. The van der Waals surface area contributed by atoms with Gasteiger partial charge < -0.3 is 14.7 Å². The zero-order chi connectivity index (χ0) is 24.8. The lowest BCUT2D eigenvalue weighted by atomic mass is 9.99. The van der Waals surface area contributed by atoms with Gasteiger partial charge in [-0.2, -0.15) is 0 Å². The highest BCUT2D eigenvalue weighted by Gasteiger charge is 2.27. The Kier molecular flexibility index (Phi) is 5.00. The molecule has 0 aliphatic carbocycles. The molecular weight excluding hydrogens is 454 g/mol. The van der Waals surface area contributed by atoms with E-state index in [0.717, 1.165) is 63.1 Å². The monoisotopic (exact) mass is 479 g/mol. The molecule has 2 aliphatic heterocycles. The van der Waals surface area contributed by atoms with Gasteiger partial charge in [0.15, 0.2) is 0 Å². The standard InChI is InChI=1S/C32H25N5/c1-35-18-19-36(22-35)24-14-15-26-27-11-7-17-34-32(27)28-10-2-3-13-30(28)37(31(26)21-24)25-9-6-8-23(20-25)29-12-4-5-16-33-29/h2-21H,22H2,1H3. The first-order valence-corrected chi connectivity index (χ1v) is 12.4. The molecule has 178 valence electrons. The van der Waals surface area contributed by atoms with Crippen molar-refractivity contribution in [1.82, 2.24) is 14.9 Å². The summed E-state index contributed by atoms with van der Waals surface area (Å²) in [7, 11) is 2.09. The number of benzene rings is 3. The van der Waals surface area contributed by atoms with Crippen molar-refractivity contribution in [3.8, 4) is 33.6 Å². The Morgan fingerprint density at radius 3 is 2.35 bits per heavy atom. The van der Waals surface area contributed by atoms with Gasteiger partial charge in [-0.05, 0) is 48.5 Å². The predicted octanol–water partition coefficient (Wildman–Crippen LogP) is 7.44. The van der Waals surface area contributed by atoms with Gasteiger partial charge in [0.2, 0.25) is 0 Å². The third kappa shape index (κ3) is 3.64. The molecule has 0 bridgehead atoms. The Labute approximate surface area is 216 Å². The van der Waals surface area contributed by atoms with Crippen LogP contribution in [0.2, 0.25) is 0 Å². The van der Waals surface area contributed by atoms with Gasteiger partial charge in [0.05, 0.1) is 29.4 Å². The topological polar surface area (TPSA) is 35.5 Å². The largest absolute Gasteiger partial charge is 0.361 e. The molecule has 5 heteroatoms. The van der Waals surface area contributed by atoms with E-state index in [4.69, 9.17) is 4.98 Å². The quantitative estimate of drug-likeness (QED) is 0.264. The predicted molar refractivity (Wildman–Crippen MR) is 151 cm³/mol. The van der Waals surface area contributed by atoms with E-state index in [1.165, 1.54) is 0 Å². The van der Waals surface area contributed by atoms with Crippen LogP contribution in [0, 0.1) is 0 Å². The Morgan fingerprint density at radius 2 is 1.49 bits per heavy atom. The number of hydrogen-bond donors (Lipinski definition) is 0. The second kappa shape index (κ2) is 8.64. The van der Waals surface area contributed by atoms with Crippen molar-refractivity contribution < 1.29 is 0 Å². The van der Waals surface area contributed by atoms with Crippen LogP contribution < -0.4 is 9.80 Å². The van der Waals surface area contributed by atoms with Gasteiger partial charge in [0.25, 0.3) is 0 Å². The summed E-state index contributed by atoms with van der Waals surface area (Å²) in [4.78, 5) is 16.3. The molecule has 2 aromatic heterocycles. The molecule has 0 N–H and O–H groups in total. The smallest absolute Gasteiger partial charge is 0.0938 e. The molecule has 0 saturated carbocycles. The van der Waals surface area contributed by atoms with E-state index >= 15 is 0 Å². The molecular formula is C32H25N5. The third-order valence-corrected chi connectivity index (χ3v) is 6.99. The van der Waals surface area contributed by atoms with Crippen molar-refractivity contribution in [2.45, 2.75) is 0 Å². The lowest BCUT2D eigenvalue weighted by Gasteiger charge is -2.29. The summed E-state index contributed by atoms with van der Waals surface area (Å²) in [6.07, 6.45) is 7.96. The van der Waals surface area contributed by atoms with Crippen LogP contribution in [0.1, 0.15) is 0 Å². The first-order valence-electron chi connectivity index (χ1n) is 12.4. The zero-order valence-corrected chi connectivity index (χ0v) is 20.5. The van der Waals surface area contributed by atoms with Crippen molar-refractivity contribution in [1.29, 1.82) is 0 Å². The summed E-state index contributed by atoms with van der Waals surface area (Å²) < 4.78 is 0. The van der Waals surface area contributed by atoms with Crippen LogP contribution in [0.3, 0.4) is 0 Å². The average Bonchev–Trinajstić information content (AvgIpc) is 3.35. The Morgan fingerprint density at radius 1 is 0.622 bits per heavy atom. The van der Waals surface area contributed by atoms with E-state index in [-0.39, 0.29) is 0 Å². The summed E-state index contributed by atoms with van der Waals surface area (Å²) in [5, 5.41) is 0. The summed E-state index contributed by atoms with van der Waals surface area (Å²) in [6, 6.07) is 34.1. The van der Waals surface area contributed by atoms with Crippen molar-refractivity contribution in [2.24, 2.45) is 0 Å². The maximum absolute atomic E-state index is 4.86. The second-order valence-electron chi connectivity index (χ2n) is 9.39. The van der Waals surface area contributed by atoms with Gasteiger partial charge >= 0.3 is 0 Å². The van der Waals surface area contributed by atoms with E-state index in [9.17, 15) is 0 Å². The zero-order valence-electron chi connectivity index (χ0n) is 20.5. The normalized spacial score (nSPS) is 13.7. The highest BCUT2D eigenvalue weighted by Crippen LogP contribution is 2.51. The molecule has 3 aromatic carbocycles. The average molecular weight is 480 g/mol. The highest BCUT2D eigenvalue weighted by atomic mass is 15.3. The van der Waals surface area contributed by atoms with Gasteiger partial charge in [-0.15, -0.1) is 0 Å². The Bertz CT molecular complexity index is 1640. The molecule has 5 aromatic rings. The van der Waals surface area contributed by atoms with E-state index in [1.54, 1.807) is 0 Å². The van der Waals surface area contributed by atoms with Gasteiger partial charge in [0.1, 0.15) is 0 Å². The fraction of sp³-hybridized carbons (Fsp3) is 0.0625. The van der Waals surface area contributed by atoms with Crippen LogP contribution in [0.25, 0.3) is 33.6 Å².